The average Bonchev–Trinajstić information content (AvgIpc) is 2.77. The first kappa shape index (κ1) is 10.7. The molecule has 6 heteroatoms. The van der Waals surface area contributed by atoms with Crippen LogP contribution >= 0.6 is 0 Å². The van der Waals surface area contributed by atoms with Crippen LogP contribution < -0.4 is 5.73 Å². The standard InChI is InChI=1S/C10H14N6/c1-2-16-10(14-7-15-16)3-9(11)8-4-12-6-13-5-8/h4-7,9H,2-3,11H2,1H3. The van der Waals surface area contributed by atoms with Crippen LogP contribution in [0, 0.1) is 0 Å². The molecule has 0 aliphatic carbocycles. The Balaban J connectivity index is 2.11. The van der Waals surface area contributed by atoms with Crippen molar-refractivity contribution < 1.29 is 0 Å². The number of hydrogen-bond donors (Lipinski definition) is 1. The molecule has 0 saturated heterocycles. The maximum Gasteiger partial charge on any atom is 0.138 e. The quantitative estimate of drug-likeness (QED) is 0.799. The van der Waals surface area contributed by atoms with Crippen LogP contribution in [0.4, 0.5) is 0 Å². The molecule has 2 aromatic rings. The van der Waals surface area contributed by atoms with Gasteiger partial charge >= 0.3 is 0 Å². The second-order valence-electron chi connectivity index (χ2n) is 3.47. The molecule has 0 spiro atoms. The monoisotopic (exact) mass is 218 g/mol. The van der Waals surface area contributed by atoms with Crippen molar-refractivity contribution in [2.75, 3.05) is 0 Å². The van der Waals surface area contributed by atoms with Gasteiger partial charge in [-0.15, -0.1) is 0 Å². The summed E-state index contributed by atoms with van der Waals surface area (Å²) in [6.45, 7) is 2.82. The highest BCUT2D eigenvalue weighted by Gasteiger charge is 2.11. The van der Waals surface area contributed by atoms with E-state index in [1.54, 1.807) is 18.7 Å². The Bertz CT molecular complexity index is 438. The van der Waals surface area contributed by atoms with Crippen molar-refractivity contribution in [3.63, 3.8) is 0 Å². The molecule has 0 radical (unpaired) electrons. The lowest BCUT2D eigenvalue weighted by Crippen LogP contribution is -2.17. The minimum atomic E-state index is -0.143. The molecule has 0 bridgehead atoms. The molecule has 2 heterocycles. The fourth-order valence-electron chi connectivity index (χ4n) is 1.53. The molecule has 84 valence electrons. The second kappa shape index (κ2) is 4.80. The summed E-state index contributed by atoms with van der Waals surface area (Å²) in [6.07, 6.45) is 7.13. The van der Waals surface area contributed by atoms with Crippen LogP contribution in [0.3, 0.4) is 0 Å². The Hall–Kier alpha value is -1.82. The zero-order chi connectivity index (χ0) is 11.4. The number of aromatic nitrogens is 5. The van der Waals surface area contributed by atoms with E-state index in [1.165, 1.54) is 6.33 Å². The summed E-state index contributed by atoms with van der Waals surface area (Å²) in [4.78, 5) is 12.1. The van der Waals surface area contributed by atoms with E-state index in [2.05, 4.69) is 20.1 Å². The van der Waals surface area contributed by atoms with Crippen molar-refractivity contribution >= 4 is 0 Å². The molecular weight excluding hydrogens is 204 g/mol. The molecule has 0 aliphatic heterocycles. The molecule has 1 unspecified atom stereocenters. The van der Waals surface area contributed by atoms with Gasteiger partial charge in [0.05, 0.1) is 0 Å². The molecule has 2 aromatic heterocycles. The first-order valence-corrected chi connectivity index (χ1v) is 5.18. The second-order valence-corrected chi connectivity index (χ2v) is 3.47. The van der Waals surface area contributed by atoms with E-state index >= 15 is 0 Å². The van der Waals surface area contributed by atoms with E-state index in [1.807, 2.05) is 11.6 Å². The summed E-state index contributed by atoms with van der Waals surface area (Å²) in [5.41, 5.74) is 6.96. The SMILES string of the molecule is CCn1ncnc1CC(N)c1cncnc1. The highest BCUT2D eigenvalue weighted by atomic mass is 15.3. The van der Waals surface area contributed by atoms with Gasteiger partial charge in [0.2, 0.25) is 0 Å². The zero-order valence-corrected chi connectivity index (χ0v) is 9.11. The third-order valence-corrected chi connectivity index (χ3v) is 2.41. The van der Waals surface area contributed by atoms with Crippen molar-refractivity contribution in [3.8, 4) is 0 Å². The Morgan fingerprint density at radius 3 is 2.75 bits per heavy atom. The third kappa shape index (κ3) is 2.22. The van der Waals surface area contributed by atoms with Crippen LogP contribution in [-0.4, -0.2) is 24.7 Å². The molecule has 0 amide bonds. The van der Waals surface area contributed by atoms with Gasteiger partial charge in [0.25, 0.3) is 0 Å². The number of hydrogen-bond acceptors (Lipinski definition) is 5. The van der Waals surface area contributed by atoms with Crippen LogP contribution in [0.5, 0.6) is 0 Å². The van der Waals surface area contributed by atoms with Gasteiger partial charge in [-0.1, -0.05) is 0 Å². The van der Waals surface area contributed by atoms with E-state index < -0.39 is 0 Å². The average molecular weight is 218 g/mol. The molecule has 0 saturated carbocycles. The van der Waals surface area contributed by atoms with E-state index in [4.69, 9.17) is 5.73 Å². The number of nitrogens with two attached hydrogens (primary N) is 1. The maximum atomic E-state index is 6.05. The Kier molecular flexibility index (Phi) is 3.21. The van der Waals surface area contributed by atoms with Crippen molar-refractivity contribution in [2.24, 2.45) is 5.73 Å². The van der Waals surface area contributed by atoms with Crippen LogP contribution in [0.15, 0.2) is 25.0 Å². The molecule has 6 nitrogen and oxygen atoms in total. The van der Waals surface area contributed by atoms with Gasteiger partial charge in [0.1, 0.15) is 18.5 Å². The lowest BCUT2D eigenvalue weighted by atomic mass is 10.1. The molecule has 16 heavy (non-hydrogen) atoms. The minimum Gasteiger partial charge on any atom is -0.323 e. The van der Waals surface area contributed by atoms with E-state index in [0.717, 1.165) is 17.9 Å². The van der Waals surface area contributed by atoms with Crippen LogP contribution in [-0.2, 0) is 13.0 Å². The minimum absolute atomic E-state index is 0.143. The summed E-state index contributed by atoms with van der Waals surface area (Å²) >= 11 is 0. The van der Waals surface area contributed by atoms with Gasteiger partial charge in [-0.25, -0.2) is 15.0 Å². The van der Waals surface area contributed by atoms with E-state index in [0.29, 0.717) is 6.42 Å². The van der Waals surface area contributed by atoms with Gasteiger partial charge in [-0.2, -0.15) is 5.10 Å². The van der Waals surface area contributed by atoms with Crippen molar-refractivity contribution in [1.29, 1.82) is 0 Å². The lowest BCUT2D eigenvalue weighted by Gasteiger charge is -2.10. The van der Waals surface area contributed by atoms with Gasteiger partial charge < -0.3 is 5.73 Å². The highest BCUT2D eigenvalue weighted by Crippen LogP contribution is 2.12. The van der Waals surface area contributed by atoms with E-state index in [9.17, 15) is 0 Å². The topological polar surface area (TPSA) is 82.5 Å². The summed E-state index contributed by atoms with van der Waals surface area (Å²) in [7, 11) is 0. The van der Waals surface area contributed by atoms with Crippen LogP contribution in [0.1, 0.15) is 24.4 Å². The van der Waals surface area contributed by atoms with Gasteiger partial charge in [0.15, 0.2) is 0 Å². The first-order valence-electron chi connectivity index (χ1n) is 5.18. The third-order valence-electron chi connectivity index (χ3n) is 2.41. The molecule has 1 atom stereocenters. The summed E-state index contributed by atoms with van der Waals surface area (Å²) in [6, 6.07) is -0.143. The molecule has 0 fully saturated rings. The van der Waals surface area contributed by atoms with Gasteiger partial charge in [-0.3, -0.25) is 4.68 Å². The zero-order valence-electron chi connectivity index (χ0n) is 9.11. The number of nitrogens with zero attached hydrogens (tertiary/aromatic N) is 5. The fourth-order valence-corrected chi connectivity index (χ4v) is 1.53. The smallest absolute Gasteiger partial charge is 0.138 e. The summed E-state index contributed by atoms with van der Waals surface area (Å²) in [5, 5.41) is 4.10. The predicted molar refractivity (Wildman–Crippen MR) is 58.4 cm³/mol. The summed E-state index contributed by atoms with van der Waals surface area (Å²) < 4.78 is 1.84. The van der Waals surface area contributed by atoms with Crippen LogP contribution in [0.25, 0.3) is 0 Å². The number of rotatable bonds is 4. The largest absolute Gasteiger partial charge is 0.323 e. The predicted octanol–water partition coefficient (Wildman–Crippen LogP) is 0.330. The molecule has 0 aromatic carbocycles. The normalized spacial score (nSPS) is 12.6. The molecule has 0 aliphatic rings. The highest BCUT2D eigenvalue weighted by molar-refractivity contribution is 5.10. The Morgan fingerprint density at radius 2 is 2.06 bits per heavy atom. The fraction of sp³-hybridized carbons (Fsp3) is 0.400. The Labute approximate surface area is 93.6 Å². The van der Waals surface area contributed by atoms with Crippen molar-refractivity contribution in [2.45, 2.75) is 25.9 Å². The summed E-state index contributed by atoms with van der Waals surface area (Å²) in [5.74, 6) is 0.888. The van der Waals surface area contributed by atoms with Crippen molar-refractivity contribution in [3.05, 3.63) is 36.4 Å². The van der Waals surface area contributed by atoms with Crippen LogP contribution in [0.2, 0.25) is 0 Å². The first-order chi connectivity index (χ1) is 7.81. The number of aryl methyl sites for hydroxylation is 1. The van der Waals surface area contributed by atoms with Gasteiger partial charge in [-0.05, 0) is 6.92 Å². The van der Waals surface area contributed by atoms with Crippen molar-refractivity contribution in [1.82, 2.24) is 24.7 Å². The molecule has 2 N–H and O–H groups in total. The van der Waals surface area contributed by atoms with Gasteiger partial charge in [0, 0.05) is 37.0 Å². The van der Waals surface area contributed by atoms with E-state index in [-0.39, 0.29) is 6.04 Å². The Morgan fingerprint density at radius 1 is 1.31 bits per heavy atom. The molecule has 2 rings (SSSR count). The lowest BCUT2D eigenvalue weighted by molar-refractivity contribution is 0.579. The molecular formula is C10H14N6. The maximum absolute atomic E-state index is 6.05.